The van der Waals surface area contributed by atoms with Gasteiger partial charge in [0.2, 0.25) is 5.91 Å². The maximum absolute atomic E-state index is 11.0. The van der Waals surface area contributed by atoms with Gasteiger partial charge in [0, 0.05) is 38.9 Å². The molecule has 1 unspecified atom stereocenters. The van der Waals surface area contributed by atoms with Crippen molar-refractivity contribution in [1.82, 2.24) is 10.6 Å². The van der Waals surface area contributed by atoms with Crippen LogP contribution in [0.5, 0.6) is 0 Å². The second kappa shape index (κ2) is 13.2. The van der Waals surface area contributed by atoms with Crippen molar-refractivity contribution in [2.75, 3.05) is 31.6 Å². The van der Waals surface area contributed by atoms with Gasteiger partial charge in [0.1, 0.15) is 0 Å². The minimum absolute atomic E-state index is 0.0616. The third kappa shape index (κ3) is 9.42. The Morgan fingerprint density at radius 1 is 1.15 bits per heavy atom. The van der Waals surface area contributed by atoms with Crippen molar-refractivity contribution in [2.45, 2.75) is 46.5 Å². The van der Waals surface area contributed by atoms with Gasteiger partial charge in [-0.15, -0.1) is 0 Å². The molecule has 6 nitrogen and oxygen atoms in total. The number of nitrogens with zero attached hydrogens (tertiary/aromatic N) is 1. The molecule has 0 radical (unpaired) electrons. The minimum Gasteiger partial charge on any atom is -0.396 e. The van der Waals surface area contributed by atoms with Gasteiger partial charge in [-0.1, -0.05) is 25.5 Å². The van der Waals surface area contributed by atoms with Gasteiger partial charge in [0.25, 0.3) is 0 Å². The molecule has 1 amide bonds. The van der Waals surface area contributed by atoms with Gasteiger partial charge in [-0.05, 0) is 49.8 Å². The number of hydrogen-bond acceptors (Lipinski definition) is 3. The maximum Gasteiger partial charge on any atom is 0.221 e. The fourth-order valence-corrected chi connectivity index (χ4v) is 2.76. The molecule has 1 rings (SSSR count). The van der Waals surface area contributed by atoms with E-state index < -0.39 is 0 Å². The van der Waals surface area contributed by atoms with Crippen molar-refractivity contribution in [1.29, 1.82) is 0 Å². The molecule has 4 N–H and O–H groups in total. The summed E-state index contributed by atoms with van der Waals surface area (Å²) in [6.07, 6.45) is 3.87. The molecule has 0 aliphatic carbocycles. The second-order valence-corrected chi connectivity index (χ2v) is 6.44. The lowest BCUT2D eigenvalue weighted by atomic mass is 10.0. The number of aliphatic imine (C=N–C) groups is 1. The molecule has 26 heavy (non-hydrogen) atoms. The summed E-state index contributed by atoms with van der Waals surface area (Å²) in [6.45, 7) is 8.27. The highest BCUT2D eigenvalue weighted by atomic mass is 16.3. The molecule has 0 fully saturated rings. The zero-order valence-corrected chi connectivity index (χ0v) is 16.3. The highest BCUT2D eigenvalue weighted by molar-refractivity contribution is 5.88. The molecule has 1 aromatic rings. The lowest BCUT2D eigenvalue weighted by molar-refractivity contribution is -0.114. The molecular weight excluding hydrogens is 328 g/mol. The molecule has 0 aliphatic rings. The summed E-state index contributed by atoms with van der Waals surface area (Å²) >= 11 is 0. The average Bonchev–Trinajstić information content (AvgIpc) is 2.61. The normalized spacial score (nSPS) is 12.5. The van der Waals surface area contributed by atoms with Crippen LogP contribution in [-0.4, -0.2) is 43.2 Å². The summed E-state index contributed by atoms with van der Waals surface area (Å²) in [5.41, 5.74) is 2.02. The number of carbonyl (C=O) groups is 1. The molecule has 1 aromatic carbocycles. The van der Waals surface area contributed by atoms with Gasteiger partial charge in [-0.3, -0.25) is 9.79 Å². The monoisotopic (exact) mass is 362 g/mol. The van der Waals surface area contributed by atoms with Crippen LogP contribution < -0.4 is 16.0 Å². The highest BCUT2D eigenvalue weighted by Gasteiger charge is 2.07. The van der Waals surface area contributed by atoms with Crippen LogP contribution in [0.1, 0.15) is 45.6 Å². The van der Waals surface area contributed by atoms with Crippen LogP contribution in [0, 0.1) is 5.92 Å². The Bertz CT molecular complexity index is 537. The quantitative estimate of drug-likeness (QED) is 0.360. The summed E-state index contributed by atoms with van der Waals surface area (Å²) in [4.78, 5) is 15.7. The Morgan fingerprint density at radius 2 is 1.88 bits per heavy atom. The summed E-state index contributed by atoms with van der Waals surface area (Å²) < 4.78 is 0. The minimum atomic E-state index is -0.0616. The van der Waals surface area contributed by atoms with Crippen molar-refractivity contribution < 1.29 is 9.90 Å². The largest absolute Gasteiger partial charge is 0.396 e. The van der Waals surface area contributed by atoms with Crippen molar-refractivity contribution in [3.05, 3.63) is 29.8 Å². The van der Waals surface area contributed by atoms with Gasteiger partial charge in [-0.2, -0.15) is 0 Å². The summed E-state index contributed by atoms with van der Waals surface area (Å²) in [5, 5.41) is 18.6. The van der Waals surface area contributed by atoms with E-state index in [4.69, 9.17) is 5.11 Å². The van der Waals surface area contributed by atoms with E-state index in [1.54, 1.807) is 0 Å². The lowest BCUT2D eigenvalue weighted by Crippen LogP contribution is -2.38. The molecular formula is C20H34N4O2. The van der Waals surface area contributed by atoms with E-state index in [9.17, 15) is 4.79 Å². The number of amides is 1. The Labute approximate surface area is 157 Å². The van der Waals surface area contributed by atoms with Gasteiger partial charge >= 0.3 is 0 Å². The SMILES string of the molecule is CCCC(CCO)CN=C(NCC)NCCc1ccc(NC(C)=O)cc1. The van der Waals surface area contributed by atoms with E-state index in [0.717, 1.165) is 57.0 Å². The maximum atomic E-state index is 11.0. The van der Waals surface area contributed by atoms with Crippen molar-refractivity contribution >= 4 is 17.6 Å². The molecule has 0 bridgehead atoms. The smallest absolute Gasteiger partial charge is 0.221 e. The highest BCUT2D eigenvalue weighted by Crippen LogP contribution is 2.11. The van der Waals surface area contributed by atoms with Crippen LogP contribution in [-0.2, 0) is 11.2 Å². The van der Waals surface area contributed by atoms with Crippen LogP contribution in [0.4, 0.5) is 5.69 Å². The number of nitrogens with one attached hydrogen (secondary N) is 3. The van der Waals surface area contributed by atoms with E-state index in [1.807, 2.05) is 24.3 Å². The predicted octanol–water partition coefficient (Wildman–Crippen LogP) is 2.54. The molecule has 6 heteroatoms. The zero-order valence-electron chi connectivity index (χ0n) is 16.3. The first-order valence-electron chi connectivity index (χ1n) is 9.58. The summed E-state index contributed by atoms with van der Waals surface area (Å²) in [7, 11) is 0. The molecule has 0 heterocycles. The Kier molecular flexibility index (Phi) is 11.1. The first kappa shape index (κ1) is 22.0. The molecule has 146 valence electrons. The van der Waals surface area contributed by atoms with E-state index in [0.29, 0.717) is 5.92 Å². The predicted molar refractivity (Wildman–Crippen MR) is 109 cm³/mol. The number of rotatable bonds is 11. The van der Waals surface area contributed by atoms with E-state index >= 15 is 0 Å². The van der Waals surface area contributed by atoms with E-state index in [2.05, 4.69) is 34.8 Å². The van der Waals surface area contributed by atoms with Crippen LogP contribution in [0.2, 0.25) is 0 Å². The van der Waals surface area contributed by atoms with Crippen LogP contribution in [0.15, 0.2) is 29.3 Å². The number of benzene rings is 1. The third-order valence-corrected chi connectivity index (χ3v) is 4.07. The lowest BCUT2D eigenvalue weighted by Gasteiger charge is -2.15. The van der Waals surface area contributed by atoms with Crippen LogP contribution in [0.25, 0.3) is 0 Å². The van der Waals surface area contributed by atoms with Gasteiger partial charge in [0.15, 0.2) is 5.96 Å². The number of hydrogen-bond donors (Lipinski definition) is 4. The van der Waals surface area contributed by atoms with Crippen molar-refractivity contribution in [3.8, 4) is 0 Å². The molecule has 0 saturated heterocycles. The standard InChI is InChI=1S/C20H34N4O2/c1-4-6-18(12-14-25)15-23-20(21-5-2)22-13-11-17-7-9-19(10-8-17)24-16(3)26/h7-10,18,25H,4-6,11-15H2,1-3H3,(H,24,26)(H2,21,22,23). The molecule has 0 saturated carbocycles. The summed E-state index contributed by atoms with van der Waals surface area (Å²) in [5.74, 6) is 1.19. The number of carbonyl (C=O) groups excluding carboxylic acids is 1. The number of guanidine groups is 1. The van der Waals surface area contributed by atoms with E-state index in [1.165, 1.54) is 12.5 Å². The fraction of sp³-hybridized carbons (Fsp3) is 0.600. The zero-order chi connectivity index (χ0) is 19.2. The Hall–Kier alpha value is -2.08. The first-order valence-corrected chi connectivity index (χ1v) is 9.58. The number of aliphatic hydroxyl groups excluding tert-OH is 1. The summed E-state index contributed by atoms with van der Waals surface area (Å²) in [6, 6.07) is 7.88. The topological polar surface area (TPSA) is 85.8 Å². The molecule has 0 aliphatic heterocycles. The number of anilines is 1. The molecule has 1 atom stereocenters. The van der Waals surface area contributed by atoms with Gasteiger partial charge in [0.05, 0.1) is 0 Å². The third-order valence-electron chi connectivity index (χ3n) is 4.07. The average molecular weight is 363 g/mol. The van der Waals surface area contributed by atoms with Crippen molar-refractivity contribution in [2.24, 2.45) is 10.9 Å². The van der Waals surface area contributed by atoms with Gasteiger partial charge < -0.3 is 21.1 Å². The van der Waals surface area contributed by atoms with Crippen LogP contribution in [0.3, 0.4) is 0 Å². The first-order chi connectivity index (χ1) is 12.6. The molecule has 0 spiro atoms. The number of aliphatic hydroxyl groups is 1. The van der Waals surface area contributed by atoms with Crippen molar-refractivity contribution in [3.63, 3.8) is 0 Å². The Balaban J connectivity index is 2.49. The Morgan fingerprint density at radius 3 is 2.46 bits per heavy atom. The van der Waals surface area contributed by atoms with Crippen LogP contribution >= 0.6 is 0 Å². The second-order valence-electron chi connectivity index (χ2n) is 6.44. The fourth-order valence-electron chi connectivity index (χ4n) is 2.76. The van der Waals surface area contributed by atoms with Gasteiger partial charge in [-0.25, -0.2) is 0 Å². The van der Waals surface area contributed by atoms with E-state index in [-0.39, 0.29) is 12.5 Å². The molecule has 0 aromatic heterocycles.